The van der Waals surface area contributed by atoms with Gasteiger partial charge in [0.15, 0.2) is 0 Å². The van der Waals surface area contributed by atoms with Gasteiger partial charge in [-0.25, -0.2) is 0 Å². The van der Waals surface area contributed by atoms with Crippen LogP contribution < -0.4 is 11.1 Å². The van der Waals surface area contributed by atoms with Crippen molar-refractivity contribution in [3.63, 3.8) is 0 Å². The summed E-state index contributed by atoms with van der Waals surface area (Å²) < 4.78 is 0.812. The van der Waals surface area contributed by atoms with E-state index in [0.29, 0.717) is 16.3 Å². The topological polar surface area (TPSA) is 68.0 Å². The van der Waals surface area contributed by atoms with Gasteiger partial charge < -0.3 is 11.1 Å². The van der Waals surface area contributed by atoms with Crippen molar-refractivity contribution in [2.75, 3.05) is 5.32 Å². The molecule has 3 N–H and O–H groups in total. The van der Waals surface area contributed by atoms with Gasteiger partial charge in [-0.3, -0.25) is 9.78 Å². The highest BCUT2D eigenvalue weighted by atomic mass is 79.9. The number of anilines is 1. The Labute approximate surface area is 124 Å². The Bertz CT molecular complexity index is 606. The summed E-state index contributed by atoms with van der Waals surface area (Å²) in [6.07, 6.45) is 3.27. The van der Waals surface area contributed by atoms with Crippen LogP contribution in [0.3, 0.4) is 0 Å². The number of amides is 1. The van der Waals surface area contributed by atoms with Crippen LogP contribution in [-0.4, -0.2) is 10.9 Å². The van der Waals surface area contributed by atoms with Gasteiger partial charge in [-0.05, 0) is 39.7 Å². The second kappa shape index (κ2) is 6.04. The van der Waals surface area contributed by atoms with E-state index in [0.717, 1.165) is 4.47 Å². The van der Waals surface area contributed by atoms with Crippen LogP contribution >= 0.6 is 27.5 Å². The molecule has 6 heteroatoms. The van der Waals surface area contributed by atoms with Crippen molar-refractivity contribution < 1.29 is 4.79 Å². The van der Waals surface area contributed by atoms with Gasteiger partial charge >= 0.3 is 0 Å². The molecule has 0 aliphatic carbocycles. The predicted octanol–water partition coefficient (Wildman–Crippen LogP) is 3.14. The summed E-state index contributed by atoms with van der Waals surface area (Å²) in [5.41, 5.74) is 6.83. The smallest absolute Gasteiger partial charge is 0.244 e. The van der Waals surface area contributed by atoms with Gasteiger partial charge in [-0.1, -0.05) is 23.7 Å². The Kier molecular flexibility index (Phi) is 4.39. The molecule has 19 heavy (non-hydrogen) atoms. The third-order valence-electron chi connectivity index (χ3n) is 2.48. The number of nitrogens with two attached hydrogens (primary N) is 1. The number of pyridine rings is 1. The maximum absolute atomic E-state index is 11.6. The van der Waals surface area contributed by atoms with Crippen LogP contribution in [0.25, 0.3) is 0 Å². The average molecular weight is 341 g/mol. The third kappa shape index (κ3) is 3.68. The molecule has 0 saturated heterocycles. The van der Waals surface area contributed by atoms with Gasteiger partial charge in [0.25, 0.3) is 0 Å². The van der Waals surface area contributed by atoms with Crippen LogP contribution in [0.2, 0.25) is 5.02 Å². The summed E-state index contributed by atoms with van der Waals surface area (Å²) in [5, 5.41) is 3.59. The number of rotatable bonds is 4. The lowest BCUT2D eigenvalue weighted by Gasteiger charge is -2.17. The summed E-state index contributed by atoms with van der Waals surface area (Å²) in [6.45, 7) is 0. The first kappa shape index (κ1) is 13.8. The zero-order valence-electron chi connectivity index (χ0n) is 9.81. The second-order valence-electron chi connectivity index (χ2n) is 3.93. The van der Waals surface area contributed by atoms with Crippen molar-refractivity contribution in [2.24, 2.45) is 5.73 Å². The van der Waals surface area contributed by atoms with E-state index in [1.807, 2.05) is 6.07 Å². The molecule has 1 aromatic carbocycles. The van der Waals surface area contributed by atoms with E-state index in [2.05, 4.69) is 26.2 Å². The molecule has 0 unspecified atom stereocenters. The Morgan fingerprint density at radius 1 is 1.37 bits per heavy atom. The Balaban J connectivity index is 2.29. The van der Waals surface area contributed by atoms with Crippen LogP contribution in [0.15, 0.2) is 47.2 Å². The zero-order chi connectivity index (χ0) is 13.8. The lowest BCUT2D eigenvalue weighted by molar-refractivity contribution is -0.118. The summed E-state index contributed by atoms with van der Waals surface area (Å²) in [4.78, 5) is 15.6. The number of nitrogens with one attached hydrogen (secondary N) is 1. The number of carbonyl (C=O) groups is 1. The molecule has 0 saturated carbocycles. The highest BCUT2D eigenvalue weighted by molar-refractivity contribution is 9.10. The van der Waals surface area contributed by atoms with Gasteiger partial charge in [0.2, 0.25) is 5.91 Å². The second-order valence-corrected chi connectivity index (χ2v) is 5.28. The average Bonchev–Trinajstić information content (AvgIpc) is 2.35. The van der Waals surface area contributed by atoms with Gasteiger partial charge in [0.1, 0.15) is 6.04 Å². The van der Waals surface area contributed by atoms with Crippen molar-refractivity contribution >= 4 is 39.1 Å². The lowest BCUT2D eigenvalue weighted by atomic mass is 10.1. The van der Waals surface area contributed by atoms with Crippen molar-refractivity contribution in [3.05, 3.63) is 57.8 Å². The summed E-state index contributed by atoms with van der Waals surface area (Å²) in [5.74, 6) is -0.484. The molecule has 0 radical (unpaired) electrons. The van der Waals surface area contributed by atoms with Crippen molar-refractivity contribution in [2.45, 2.75) is 6.04 Å². The van der Waals surface area contributed by atoms with Crippen molar-refractivity contribution in [3.8, 4) is 0 Å². The van der Waals surface area contributed by atoms with E-state index in [-0.39, 0.29) is 0 Å². The molecular formula is C13H11BrClN3O. The van der Waals surface area contributed by atoms with E-state index < -0.39 is 11.9 Å². The first-order valence-electron chi connectivity index (χ1n) is 5.48. The standard InChI is InChI=1S/C13H11BrClN3O/c14-9-5-11(7-17-6-9)18-12(13(16)19)8-2-1-3-10(15)4-8/h1-7,12,18H,(H2,16,19)/t12-/m0/s1. The minimum Gasteiger partial charge on any atom is -0.369 e. The molecule has 0 bridgehead atoms. The maximum Gasteiger partial charge on any atom is 0.244 e. The number of hydrogen-bond donors (Lipinski definition) is 2. The molecule has 1 aromatic heterocycles. The van der Waals surface area contributed by atoms with Crippen LogP contribution in [0.5, 0.6) is 0 Å². The highest BCUT2D eigenvalue weighted by Crippen LogP contribution is 2.23. The number of carbonyl (C=O) groups excluding carboxylic acids is 1. The number of nitrogens with zero attached hydrogens (tertiary/aromatic N) is 1. The van der Waals surface area contributed by atoms with E-state index >= 15 is 0 Å². The molecule has 98 valence electrons. The fourth-order valence-electron chi connectivity index (χ4n) is 1.66. The SMILES string of the molecule is NC(=O)[C@@H](Nc1cncc(Br)c1)c1cccc(Cl)c1. The van der Waals surface area contributed by atoms with Crippen molar-refractivity contribution in [1.82, 2.24) is 4.98 Å². The molecule has 0 aliphatic heterocycles. The van der Waals surface area contributed by atoms with Gasteiger partial charge in [0, 0.05) is 15.7 Å². The summed E-state index contributed by atoms with van der Waals surface area (Å²) in [7, 11) is 0. The zero-order valence-corrected chi connectivity index (χ0v) is 12.1. The molecule has 0 aliphatic rings. The molecule has 2 aromatic rings. The van der Waals surface area contributed by atoms with E-state index in [4.69, 9.17) is 17.3 Å². The summed E-state index contributed by atoms with van der Waals surface area (Å²) >= 11 is 9.24. The quantitative estimate of drug-likeness (QED) is 0.898. The number of hydrogen-bond acceptors (Lipinski definition) is 3. The number of halogens is 2. The minimum atomic E-state index is -0.658. The normalized spacial score (nSPS) is 11.9. The largest absolute Gasteiger partial charge is 0.369 e. The highest BCUT2D eigenvalue weighted by Gasteiger charge is 2.18. The molecule has 4 nitrogen and oxygen atoms in total. The molecule has 2 rings (SSSR count). The molecule has 1 heterocycles. The number of primary amides is 1. The third-order valence-corrected chi connectivity index (χ3v) is 3.15. The Morgan fingerprint density at radius 3 is 2.79 bits per heavy atom. The molecule has 0 fully saturated rings. The molecule has 1 atom stereocenters. The van der Waals surface area contributed by atoms with Crippen LogP contribution in [-0.2, 0) is 4.79 Å². The lowest BCUT2D eigenvalue weighted by Crippen LogP contribution is -2.27. The van der Waals surface area contributed by atoms with Crippen LogP contribution in [0.1, 0.15) is 11.6 Å². The van der Waals surface area contributed by atoms with Crippen LogP contribution in [0, 0.1) is 0 Å². The van der Waals surface area contributed by atoms with E-state index in [9.17, 15) is 4.79 Å². The fraction of sp³-hybridized carbons (Fsp3) is 0.0769. The van der Waals surface area contributed by atoms with Crippen LogP contribution in [0.4, 0.5) is 5.69 Å². The van der Waals surface area contributed by atoms with E-state index in [1.54, 1.807) is 36.7 Å². The van der Waals surface area contributed by atoms with E-state index in [1.165, 1.54) is 0 Å². The van der Waals surface area contributed by atoms with Gasteiger partial charge in [-0.2, -0.15) is 0 Å². The molecular weight excluding hydrogens is 330 g/mol. The monoisotopic (exact) mass is 339 g/mol. The molecule has 1 amide bonds. The first-order valence-corrected chi connectivity index (χ1v) is 6.65. The minimum absolute atomic E-state index is 0.484. The van der Waals surface area contributed by atoms with Gasteiger partial charge in [0.05, 0.1) is 11.9 Å². The molecule has 0 spiro atoms. The van der Waals surface area contributed by atoms with Gasteiger partial charge in [-0.15, -0.1) is 0 Å². The predicted molar refractivity (Wildman–Crippen MR) is 78.9 cm³/mol. The Hall–Kier alpha value is -1.59. The number of aromatic nitrogens is 1. The first-order chi connectivity index (χ1) is 9.06. The summed E-state index contributed by atoms with van der Waals surface area (Å²) in [6, 6.07) is 8.16. The van der Waals surface area contributed by atoms with Crippen molar-refractivity contribution in [1.29, 1.82) is 0 Å². The fourth-order valence-corrected chi connectivity index (χ4v) is 2.23. The Morgan fingerprint density at radius 2 is 2.16 bits per heavy atom. The number of benzene rings is 1. The maximum atomic E-state index is 11.6.